The molecular formula is C15H17N7O3. The number of carbonyl (C=O) groups is 2. The number of esters is 1. The Morgan fingerprint density at radius 2 is 2.08 bits per heavy atom. The Labute approximate surface area is 142 Å². The number of carbonyl (C=O) groups excluding carboxylic acids is 2. The third kappa shape index (κ3) is 3.47. The van der Waals surface area contributed by atoms with Gasteiger partial charge in [-0.05, 0) is 26.8 Å². The van der Waals surface area contributed by atoms with Crippen LogP contribution in [0.25, 0.3) is 5.78 Å². The number of hydrogen-bond donors (Lipinski definition) is 1. The van der Waals surface area contributed by atoms with Crippen LogP contribution >= 0.6 is 0 Å². The van der Waals surface area contributed by atoms with Crippen LogP contribution in [-0.4, -0.2) is 47.8 Å². The first kappa shape index (κ1) is 16.6. The number of amides is 1. The summed E-state index contributed by atoms with van der Waals surface area (Å²) in [5.74, 6) is -0.605. The standard InChI is InChI=1S/C15H17N7O3/c1-9(2)21-11(5-7-17-21)18-12(23)8-25-14(24)13-19-15-16-6-4-10(3)22(15)20-13/h4-7,9H,8H2,1-3H3,(H,18,23). The summed E-state index contributed by atoms with van der Waals surface area (Å²) in [6.07, 6.45) is 3.15. The summed E-state index contributed by atoms with van der Waals surface area (Å²) in [7, 11) is 0. The van der Waals surface area contributed by atoms with Crippen molar-refractivity contribution in [3.63, 3.8) is 0 Å². The Bertz CT molecular complexity index is 928. The number of ether oxygens (including phenoxy) is 1. The van der Waals surface area contributed by atoms with E-state index in [0.717, 1.165) is 5.69 Å². The van der Waals surface area contributed by atoms with Crippen molar-refractivity contribution in [2.45, 2.75) is 26.8 Å². The van der Waals surface area contributed by atoms with Crippen molar-refractivity contribution in [2.75, 3.05) is 11.9 Å². The van der Waals surface area contributed by atoms with Gasteiger partial charge in [0.15, 0.2) is 6.61 Å². The molecule has 0 fully saturated rings. The topological polar surface area (TPSA) is 116 Å². The zero-order chi connectivity index (χ0) is 18.0. The molecule has 0 unspecified atom stereocenters. The molecule has 0 bridgehead atoms. The molecule has 0 aliphatic rings. The van der Waals surface area contributed by atoms with Crippen LogP contribution in [0.1, 0.15) is 36.2 Å². The van der Waals surface area contributed by atoms with Crippen LogP contribution in [0.3, 0.4) is 0 Å². The lowest BCUT2D eigenvalue weighted by Gasteiger charge is -2.11. The molecule has 1 amide bonds. The van der Waals surface area contributed by atoms with Gasteiger partial charge in [-0.25, -0.2) is 19.0 Å². The first-order valence-corrected chi connectivity index (χ1v) is 7.64. The highest BCUT2D eigenvalue weighted by Gasteiger charge is 2.18. The zero-order valence-corrected chi connectivity index (χ0v) is 14.0. The zero-order valence-electron chi connectivity index (χ0n) is 14.0. The van der Waals surface area contributed by atoms with Crippen molar-refractivity contribution in [2.24, 2.45) is 0 Å². The molecule has 10 nitrogen and oxygen atoms in total. The van der Waals surface area contributed by atoms with Crippen molar-refractivity contribution in [1.82, 2.24) is 29.4 Å². The molecule has 0 radical (unpaired) electrons. The molecule has 0 saturated carbocycles. The molecule has 3 aromatic rings. The second-order valence-corrected chi connectivity index (χ2v) is 5.61. The summed E-state index contributed by atoms with van der Waals surface area (Å²) in [5.41, 5.74) is 0.774. The molecule has 0 aromatic carbocycles. The monoisotopic (exact) mass is 343 g/mol. The van der Waals surface area contributed by atoms with Gasteiger partial charge < -0.3 is 10.1 Å². The van der Waals surface area contributed by atoms with Gasteiger partial charge in [0.25, 0.3) is 17.5 Å². The number of hydrogen-bond acceptors (Lipinski definition) is 7. The molecule has 0 atom stereocenters. The van der Waals surface area contributed by atoms with E-state index in [9.17, 15) is 9.59 Å². The summed E-state index contributed by atoms with van der Waals surface area (Å²) in [6, 6.07) is 3.49. The smallest absolute Gasteiger partial charge is 0.378 e. The summed E-state index contributed by atoms with van der Waals surface area (Å²) in [5, 5.41) is 10.8. The molecule has 1 N–H and O–H groups in total. The van der Waals surface area contributed by atoms with E-state index in [0.29, 0.717) is 5.82 Å². The molecule has 3 heterocycles. The molecule has 0 aliphatic heterocycles. The molecule has 3 rings (SSSR count). The fourth-order valence-electron chi connectivity index (χ4n) is 2.19. The van der Waals surface area contributed by atoms with Gasteiger partial charge in [-0.15, -0.1) is 5.10 Å². The minimum absolute atomic E-state index is 0.0887. The van der Waals surface area contributed by atoms with E-state index in [2.05, 4.69) is 25.5 Å². The Balaban J connectivity index is 1.62. The van der Waals surface area contributed by atoms with Crippen LogP contribution in [0.5, 0.6) is 0 Å². The normalized spacial score (nSPS) is 11.0. The summed E-state index contributed by atoms with van der Waals surface area (Å²) in [6.45, 7) is 5.23. The SMILES string of the molecule is Cc1ccnc2nc(C(=O)OCC(=O)Nc3ccnn3C(C)C)nn12. The van der Waals surface area contributed by atoms with Crippen molar-refractivity contribution in [3.05, 3.63) is 36.0 Å². The highest BCUT2D eigenvalue weighted by molar-refractivity contribution is 5.93. The number of anilines is 1. The van der Waals surface area contributed by atoms with E-state index in [1.807, 2.05) is 20.8 Å². The molecule has 0 saturated heterocycles. The summed E-state index contributed by atoms with van der Waals surface area (Å²) in [4.78, 5) is 32.0. The fraction of sp³-hybridized carbons (Fsp3) is 0.333. The van der Waals surface area contributed by atoms with E-state index in [4.69, 9.17) is 4.74 Å². The predicted octanol–water partition coefficient (Wildman–Crippen LogP) is 1.01. The molecule has 10 heteroatoms. The molecule has 130 valence electrons. The fourth-order valence-corrected chi connectivity index (χ4v) is 2.19. The van der Waals surface area contributed by atoms with Crippen molar-refractivity contribution >= 4 is 23.5 Å². The Kier molecular flexibility index (Phi) is 4.42. The van der Waals surface area contributed by atoms with Gasteiger partial charge in [-0.1, -0.05) is 0 Å². The lowest BCUT2D eigenvalue weighted by molar-refractivity contribution is -0.119. The minimum atomic E-state index is -0.794. The van der Waals surface area contributed by atoms with Crippen LogP contribution in [0.2, 0.25) is 0 Å². The lowest BCUT2D eigenvalue weighted by Crippen LogP contribution is -2.23. The first-order chi connectivity index (χ1) is 12.0. The van der Waals surface area contributed by atoms with Crippen molar-refractivity contribution < 1.29 is 14.3 Å². The van der Waals surface area contributed by atoms with Crippen LogP contribution in [0, 0.1) is 6.92 Å². The van der Waals surface area contributed by atoms with Crippen LogP contribution in [0.15, 0.2) is 24.5 Å². The van der Waals surface area contributed by atoms with Gasteiger partial charge in [0.05, 0.1) is 6.20 Å². The van der Waals surface area contributed by atoms with Crippen molar-refractivity contribution in [1.29, 1.82) is 0 Å². The number of fused-ring (bicyclic) bond motifs is 1. The second kappa shape index (κ2) is 6.67. The Morgan fingerprint density at radius 1 is 1.28 bits per heavy atom. The second-order valence-electron chi connectivity index (χ2n) is 5.61. The van der Waals surface area contributed by atoms with E-state index in [1.165, 1.54) is 4.52 Å². The average Bonchev–Trinajstić information content (AvgIpc) is 3.20. The van der Waals surface area contributed by atoms with E-state index >= 15 is 0 Å². The lowest BCUT2D eigenvalue weighted by atomic mass is 10.4. The first-order valence-electron chi connectivity index (χ1n) is 7.64. The number of nitrogens with zero attached hydrogens (tertiary/aromatic N) is 6. The number of nitrogens with one attached hydrogen (secondary N) is 1. The maximum atomic E-state index is 12.0. The molecule has 3 aromatic heterocycles. The highest BCUT2D eigenvalue weighted by atomic mass is 16.5. The predicted molar refractivity (Wildman–Crippen MR) is 87.0 cm³/mol. The van der Waals surface area contributed by atoms with Crippen LogP contribution < -0.4 is 5.32 Å². The molecule has 0 spiro atoms. The van der Waals surface area contributed by atoms with Gasteiger partial charge in [-0.2, -0.15) is 10.1 Å². The largest absolute Gasteiger partial charge is 0.450 e. The van der Waals surface area contributed by atoms with Gasteiger partial charge in [0.1, 0.15) is 5.82 Å². The number of aryl methyl sites for hydroxylation is 1. The number of rotatable bonds is 5. The van der Waals surface area contributed by atoms with E-state index < -0.39 is 18.5 Å². The van der Waals surface area contributed by atoms with Gasteiger partial charge in [-0.3, -0.25) is 4.79 Å². The molecular weight excluding hydrogens is 326 g/mol. The third-order valence-electron chi connectivity index (χ3n) is 3.37. The third-order valence-corrected chi connectivity index (χ3v) is 3.37. The number of aromatic nitrogens is 6. The van der Waals surface area contributed by atoms with Gasteiger partial charge >= 0.3 is 5.97 Å². The minimum Gasteiger partial charge on any atom is -0.450 e. The van der Waals surface area contributed by atoms with Crippen LogP contribution in [0.4, 0.5) is 5.82 Å². The maximum absolute atomic E-state index is 12.0. The van der Waals surface area contributed by atoms with E-state index in [-0.39, 0.29) is 17.6 Å². The van der Waals surface area contributed by atoms with E-state index in [1.54, 1.807) is 29.2 Å². The highest BCUT2D eigenvalue weighted by Crippen LogP contribution is 2.12. The van der Waals surface area contributed by atoms with Gasteiger partial charge in [0, 0.05) is 24.0 Å². The summed E-state index contributed by atoms with van der Waals surface area (Å²) >= 11 is 0. The summed E-state index contributed by atoms with van der Waals surface area (Å²) < 4.78 is 8.04. The Morgan fingerprint density at radius 3 is 2.80 bits per heavy atom. The maximum Gasteiger partial charge on any atom is 0.378 e. The van der Waals surface area contributed by atoms with Gasteiger partial charge in [0.2, 0.25) is 0 Å². The Hall–Kier alpha value is -3.30. The molecule has 0 aliphatic carbocycles. The quantitative estimate of drug-likeness (QED) is 0.687. The van der Waals surface area contributed by atoms with Crippen molar-refractivity contribution in [3.8, 4) is 0 Å². The molecule has 25 heavy (non-hydrogen) atoms. The average molecular weight is 343 g/mol. The van der Waals surface area contributed by atoms with Crippen LogP contribution in [-0.2, 0) is 9.53 Å².